The van der Waals surface area contributed by atoms with Crippen LogP contribution in [0.3, 0.4) is 0 Å². The molecule has 4 aromatic rings. The number of para-hydroxylation sites is 1. The van der Waals surface area contributed by atoms with Gasteiger partial charge in [-0.2, -0.15) is 5.10 Å². The highest BCUT2D eigenvalue weighted by Crippen LogP contribution is 2.26. The summed E-state index contributed by atoms with van der Waals surface area (Å²) in [6.07, 6.45) is 1.54. The highest BCUT2D eigenvalue weighted by atomic mass is 32.1. The van der Waals surface area contributed by atoms with E-state index in [9.17, 15) is 14.5 Å². The first-order chi connectivity index (χ1) is 14.6. The molecular formula is C22H15FN4O2S. The Morgan fingerprint density at radius 3 is 2.50 bits per heavy atom. The number of halogens is 1. The van der Waals surface area contributed by atoms with Gasteiger partial charge in [-0.15, -0.1) is 16.4 Å². The van der Waals surface area contributed by atoms with Gasteiger partial charge in [0.05, 0.1) is 16.8 Å². The Labute approximate surface area is 175 Å². The summed E-state index contributed by atoms with van der Waals surface area (Å²) in [7, 11) is 0. The van der Waals surface area contributed by atoms with Crippen molar-refractivity contribution >= 4 is 23.2 Å². The van der Waals surface area contributed by atoms with Gasteiger partial charge in [0.25, 0.3) is 5.69 Å². The largest absolute Gasteiger partial charge is 0.284 e. The molecule has 148 valence electrons. The molecule has 0 atom stereocenters. The Morgan fingerprint density at radius 1 is 1.00 bits per heavy atom. The summed E-state index contributed by atoms with van der Waals surface area (Å²) in [6, 6.07) is 22.0. The molecule has 3 aromatic carbocycles. The lowest BCUT2D eigenvalue weighted by Crippen LogP contribution is -2.13. The van der Waals surface area contributed by atoms with E-state index in [1.54, 1.807) is 24.4 Å². The predicted octanol–water partition coefficient (Wildman–Crippen LogP) is 5.19. The molecule has 0 aliphatic rings. The van der Waals surface area contributed by atoms with Crippen molar-refractivity contribution in [2.75, 3.05) is 0 Å². The van der Waals surface area contributed by atoms with E-state index in [0.29, 0.717) is 10.4 Å². The number of nitro benzene ring substituents is 1. The van der Waals surface area contributed by atoms with E-state index in [1.807, 2.05) is 46.3 Å². The number of rotatable bonds is 5. The fourth-order valence-electron chi connectivity index (χ4n) is 2.88. The Bertz CT molecular complexity index is 1280. The second-order valence-electron chi connectivity index (χ2n) is 6.28. The first kappa shape index (κ1) is 19.4. The van der Waals surface area contributed by atoms with E-state index in [2.05, 4.69) is 10.2 Å². The Morgan fingerprint density at radius 2 is 1.77 bits per heavy atom. The molecule has 1 heterocycles. The standard InChI is InChI=1S/C22H15FN4O2S/c23-18-11-9-16(10-12-18)14-24-25-22-26(19-6-2-1-3-7-19)21(15-30-22)17-5-4-8-20(13-17)27(28)29/h1-15H/b24-14+,25-22-. The quantitative estimate of drug-likeness (QED) is 0.254. The molecule has 0 aliphatic heterocycles. The van der Waals surface area contributed by atoms with E-state index < -0.39 is 4.92 Å². The van der Waals surface area contributed by atoms with E-state index in [0.717, 1.165) is 16.9 Å². The molecular weight excluding hydrogens is 403 g/mol. The summed E-state index contributed by atoms with van der Waals surface area (Å²) in [5.74, 6) is -0.314. The summed E-state index contributed by atoms with van der Waals surface area (Å²) in [5.41, 5.74) is 3.07. The van der Waals surface area contributed by atoms with Crippen LogP contribution in [0.4, 0.5) is 10.1 Å². The Hall–Kier alpha value is -3.91. The zero-order chi connectivity index (χ0) is 20.9. The molecule has 0 N–H and O–H groups in total. The fourth-order valence-corrected chi connectivity index (χ4v) is 3.74. The molecule has 6 nitrogen and oxygen atoms in total. The number of nitrogens with zero attached hydrogens (tertiary/aromatic N) is 4. The van der Waals surface area contributed by atoms with E-state index in [-0.39, 0.29) is 11.5 Å². The van der Waals surface area contributed by atoms with Crippen molar-refractivity contribution in [3.63, 3.8) is 0 Å². The van der Waals surface area contributed by atoms with Crippen LogP contribution in [-0.2, 0) is 0 Å². The molecule has 0 aliphatic carbocycles. The molecule has 0 spiro atoms. The van der Waals surface area contributed by atoms with Crippen LogP contribution >= 0.6 is 11.3 Å². The van der Waals surface area contributed by atoms with Crippen molar-refractivity contribution < 1.29 is 9.31 Å². The van der Waals surface area contributed by atoms with Gasteiger partial charge in [-0.25, -0.2) is 4.39 Å². The molecule has 30 heavy (non-hydrogen) atoms. The number of benzene rings is 3. The second kappa shape index (κ2) is 8.62. The van der Waals surface area contributed by atoms with E-state index in [1.165, 1.54) is 35.6 Å². The van der Waals surface area contributed by atoms with Gasteiger partial charge in [-0.3, -0.25) is 14.7 Å². The summed E-state index contributed by atoms with van der Waals surface area (Å²) in [5, 5.41) is 21.5. The topological polar surface area (TPSA) is 72.8 Å². The van der Waals surface area contributed by atoms with Gasteiger partial charge in [-0.1, -0.05) is 42.5 Å². The van der Waals surface area contributed by atoms with Crippen molar-refractivity contribution in [1.82, 2.24) is 4.57 Å². The van der Waals surface area contributed by atoms with E-state index >= 15 is 0 Å². The van der Waals surface area contributed by atoms with Crippen molar-refractivity contribution in [1.29, 1.82) is 0 Å². The van der Waals surface area contributed by atoms with Crippen molar-refractivity contribution in [2.45, 2.75) is 0 Å². The molecule has 0 saturated heterocycles. The van der Waals surface area contributed by atoms with Crippen LogP contribution in [0.15, 0.2) is 94.4 Å². The first-order valence-corrected chi connectivity index (χ1v) is 9.83. The zero-order valence-electron chi connectivity index (χ0n) is 15.6. The lowest BCUT2D eigenvalue weighted by Gasteiger charge is -2.08. The monoisotopic (exact) mass is 418 g/mol. The maximum Gasteiger partial charge on any atom is 0.270 e. The molecule has 1 aromatic heterocycles. The fraction of sp³-hybridized carbons (Fsp3) is 0. The van der Waals surface area contributed by atoms with E-state index in [4.69, 9.17) is 0 Å². The van der Waals surface area contributed by atoms with Gasteiger partial charge in [0.2, 0.25) is 4.80 Å². The summed E-state index contributed by atoms with van der Waals surface area (Å²) in [4.78, 5) is 11.4. The molecule has 0 fully saturated rings. The third-order valence-corrected chi connectivity index (χ3v) is 5.11. The van der Waals surface area contributed by atoms with Gasteiger partial charge in [0.15, 0.2) is 0 Å². The molecule has 0 saturated carbocycles. The molecule has 0 bridgehead atoms. The molecule has 0 unspecified atom stereocenters. The number of hydrogen-bond acceptors (Lipinski definition) is 5. The summed E-state index contributed by atoms with van der Waals surface area (Å²) in [6.45, 7) is 0. The smallest absolute Gasteiger partial charge is 0.270 e. The SMILES string of the molecule is O=[N+]([O-])c1cccc(-c2cs/c(=N\N=C\c3ccc(F)cc3)n2-c2ccccc2)c1. The van der Waals surface area contributed by atoms with Gasteiger partial charge in [-0.05, 0) is 29.8 Å². The highest BCUT2D eigenvalue weighted by Gasteiger charge is 2.13. The summed E-state index contributed by atoms with van der Waals surface area (Å²) >= 11 is 1.37. The third-order valence-electron chi connectivity index (χ3n) is 4.30. The average molecular weight is 418 g/mol. The number of hydrogen-bond donors (Lipinski definition) is 0. The van der Waals surface area contributed by atoms with Crippen LogP contribution in [0, 0.1) is 15.9 Å². The highest BCUT2D eigenvalue weighted by molar-refractivity contribution is 7.07. The average Bonchev–Trinajstić information content (AvgIpc) is 3.20. The maximum absolute atomic E-state index is 13.0. The van der Waals surface area contributed by atoms with Crippen LogP contribution < -0.4 is 4.80 Å². The second-order valence-corrected chi connectivity index (χ2v) is 7.11. The lowest BCUT2D eigenvalue weighted by molar-refractivity contribution is -0.384. The number of aromatic nitrogens is 1. The summed E-state index contributed by atoms with van der Waals surface area (Å²) < 4.78 is 14.9. The van der Waals surface area contributed by atoms with Gasteiger partial charge >= 0.3 is 0 Å². The Kier molecular flexibility index (Phi) is 5.58. The van der Waals surface area contributed by atoms with Gasteiger partial charge < -0.3 is 0 Å². The van der Waals surface area contributed by atoms with Crippen molar-refractivity contribution in [2.24, 2.45) is 10.2 Å². The van der Waals surface area contributed by atoms with Gasteiger partial charge in [0, 0.05) is 28.8 Å². The first-order valence-electron chi connectivity index (χ1n) is 8.95. The van der Waals surface area contributed by atoms with Crippen LogP contribution in [0.25, 0.3) is 16.9 Å². The molecule has 4 rings (SSSR count). The predicted molar refractivity (Wildman–Crippen MR) is 115 cm³/mol. The van der Waals surface area contributed by atoms with Crippen LogP contribution in [0.1, 0.15) is 5.56 Å². The van der Waals surface area contributed by atoms with Crippen LogP contribution in [0.5, 0.6) is 0 Å². The Balaban J connectivity index is 1.81. The molecule has 8 heteroatoms. The zero-order valence-corrected chi connectivity index (χ0v) is 16.4. The lowest BCUT2D eigenvalue weighted by atomic mass is 10.1. The van der Waals surface area contributed by atoms with Crippen LogP contribution in [-0.4, -0.2) is 15.7 Å². The number of non-ortho nitro benzene ring substituents is 1. The number of thiazole rings is 1. The minimum Gasteiger partial charge on any atom is -0.284 e. The maximum atomic E-state index is 13.0. The van der Waals surface area contributed by atoms with Crippen LogP contribution in [0.2, 0.25) is 0 Å². The van der Waals surface area contributed by atoms with Crippen molar-refractivity contribution in [3.8, 4) is 16.9 Å². The molecule has 0 radical (unpaired) electrons. The van der Waals surface area contributed by atoms with Crippen molar-refractivity contribution in [3.05, 3.63) is 111 Å². The molecule has 0 amide bonds. The normalized spacial score (nSPS) is 11.8. The van der Waals surface area contributed by atoms with Gasteiger partial charge in [0.1, 0.15) is 5.82 Å². The number of nitro groups is 1. The third kappa shape index (κ3) is 4.23. The minimum absolute atomic E-state index is 0.0196. The minimum atomic E-state index is -0.416.